The number of H-pyrrole nitrogens is 1. The number of amides is 1. The Bertz CT molecular complexity index is 693. The third-order valence-corrected chi connectivity index (χ3v) is 3.33. The molecule has 0 bridgehead atoms. The standard InChI is InChI=1S/C15H15N3O3/c19-14-12(15(20)18-21-9-10-1-2-10)3-4-13(17-14)11-5-7-16-8-6-11/h3-8,10H,1-2,9H2,(H,17,19)(H,18,20). The van der Waals surface area contributed by atoms with Crippen LogP contribution in [0, 0.1) is 5.92 Å². The highest BCUT2D eigenvalue weighted by Crippen LogP contribution is 2.28. The lowest BCUT2D eigenvalue weighted by molar-refractivity contribution is 0.0269. The fourth-order valence-corrected chi connectivity index (χ4v) is 1.92. The zero-order valence-corrected chi connectivity index (χ0v) is 11.3. The van der Waals surface area contributed by atoms with Crippen molar-refractivity contribution >= 4 is 5.91 Å². The van der Waals surface area contributed by atoms with E-state index in [0.29, 0.717) is 18.2 Å². The zero-order chi connectivity index (χ0) is 14.7. The van der Waals surface area contributed by atoms with E-state index in [0.717, 1.165) is 18.4 Å². The van der Waals surface area contributed by atoms with Crippen LogP contribution in [0.5, 0.6) is 0 Å². The van der Waals surface area contributed by atoms with E-state index in [1.165, 1.54) is 6.07 Å². The first-order valence-corrected chi connectivity index (χ1v) is 6.80. The van der Waals surface area contributed by atoms with Crippen molar-refractivity contribution in [1.29, 1.82) is 0 Å². The number of carbonyl (C=O) groups excluding carboxylic acids is 1. The molecule has 6 nitrogen and oxygen atoms in total. The second kappa shape index (κ2) is 5.88. The molecule has 0 radical (unpaired) electrons. The largest absolute Gasteiger partial charge is 0.321 e. The van der Waals surface area contributed by atoms with Crippen LogP contribution >= 0.6 is 0 Å². The first-order chi connectivity index (χ1) is 10.2. The van der Waals surface area contributed by atoms with E-state index >= 15 is 0 Å². The summed E-state index contributed by atoms with van der Waals surface area (Å²) in [5.41, 5.74) is 3.35. The molecular weight excluding hydrogens is 270 g/mol. The van der Waals surface area contributed by atoms with Crippen LogP contribution in [-0.2, 0) is 4.84 Å². The van der Waals surface area contributed by atoms with Crippen molar-refractivity contribution in [3.63, 3.8) is 0 Å². The fourth-order valence-electron chi connectivity index (χ4n) is 1.92. The van der Waals surface area contributed by atoms with E-state index < -0.39 is 11.5 Å². The van der Waals surface area contributed by atoms with Crippen LogP contribution in [0.2, 0.25) is 0 Å². The zero-order valence-electron chi connectivity index (χ0n) is 11.3. The number of hydrogen-bond donors (Lipinski definition) is 2. The summed E-state index contributed by atoms with van der Waals surface area (Å²) in [6.07, 6.45) is 5.55. The molecule has 2 N–H and O–H groups in total. The number of nitrogens with one attached hydrogen (secondary N) is 2. The summed E-state index contributed by atoms with van der Waals surface area (Å²) >= 11 is 0. The van der Waals surface area contributed by atoms with Crippen molar-refractivity contribution in [2.45, 2.75) is 12.8 Å². The molecule has 0 atom stereocenters. The molecule has 1 aliphatic rings. The number of rotatable bonds is 5. The van der Waals surface area contributed by atoms with Gasteiger partial charge in [0.2, 0.25) is 0 Å². The summed E-state index contributed by atoms with van der Waals surface area (Å²) in [4.78, 5) is 35.5. The molecule has 1 amide bonds. The van der Waals surface area contributed by atoms with Crippen LogP contribution in [0.1, 0.15) is 23.2 Å². The fraction of sp³-hybridized carbons (Fsp3) is 0.267. The Balaban J connectivity index is 1.71. The quantitative estimate of drug-likeness (QED) is 0.816. The summed E-state index contributed by atoms with van der Waals surface area (Å²) in [6.45, 7) is 0.499. The van der Waals surface area contributed by atoms with Gasteiger partial charge in [-0.15, -0.1) is 0 Å². The minimum atomic E-state index is -0.529. The van der Waals surface area contributed by atoms with Gasteiger partial charge in [0.15, 0.2) is 0 Å². The first-order valence-electron chi connectivity index (χ1n) is 6.80. The Kier molecular flexibility index (Phi) is 3.79. The molecule has 108 valence electrons. The maximum Gasteiger partial charge on any atom is 0.280 e. The van der Waals surface area contributed by atoms with Gasteiger partial charge in [-0.3, -0.25) is 19.4 Å². The number of aromatic amines is 1. The van der Waals surface area contributed by atoms with E-state index in [1.54, 1.807) is 30.6 Å². The van der Waals surface area contributed by atoms with Crippen LogP contribution < -0.4 is 11.0 Å². The van der Waals surface area contributed by atoms with Crippen molar-refractivity contribution in [3.8, 4) is 11.3 Å². The molecule has 0 aromatic carbocycles. The van der Waals surface area contributed by atoms with Crippen molar-refractivity contribution in [3.05, 3.63) is 52.6 Å². The van der Waals surface area contributed by atoms with E-state index in [9.17, 15) is 9.59 Å². The van der Waals surface area contributed by atoms with Gasteiger partial charge in [0.25, 0.3) is 11.5 Å². The summed E-state index contributed by atoms with van der Waals surface area (Å²) in [7, 11) is 0. The topological polar surface area (TPSA) is 84.1 Å². The van der Waals surface area contributed by atoms with Gasteiger partial charge in [-0.25, -0.2) is 5.48 Å². The predicted molar refractivity (Wildman–Crippen MR) is 76.4 cm³/mol. The van der Waals surface area contributed by atoms with E-state index in [2.05, 4.69) is 15.4 Å². The molecule has 21 heavy (non-hydrogen) atoms. The lowest BCUT2D eigenvalue weighted by Gasteiger charge is -2.06. The van der Waals surface area contributed by atoms with Crippen molar-refractivity contribution in [2.24, 2.45) is 5.92 Å². The minimum absolute atomic E-state index is 0.0311. The SMILES string of the molecule is O=C(NOCC1CC1)c1ccc(-c2ccncc2)[nH]c1=O. The van der Waals surface area contributed by atoms with Crippen molar-refractivity contribution in [1.82, 2.24) is 15.4 Å². The monoisotopic (exact) mass is 285 g/mol. The second-order valence-corrected chi connectivity index (χ2v) is 5.04. The van der Waals surface area contributed by atoms with Crippen LogP contribution in [0.15, 0.2) is 41.5 Å². The van der Waals surface area contributed by atoms with Crippen LogP contribution in [0.25, 0.3) is 11.3 Å². The Labute approximate surface area is 121 Å². The number of carbonyl (C=O) groups is 1. The highest BCUT2D eigenvalue weighted by Gasteiger charge is 2.22. The molecule has 0 unspecified atom stereocenters. The molecule has 0 spiro atoms. The molecule has 2 aromatic rings. The number of aromatic nitrogens is 2. The average Bonchev–Trinajstić information content (AvgIpc) is 3.32. The van der Waals surface area contributed by atoms with Gasteiger partial charge >= 0.3 is 0 Å². The molecule has 2 heterocycles. The molecule has 1 aliphatic carbocycles. The smallest absolute Gasteiger partial charge is 0.280 e. The maximum absolute atomic E-state index is 12.0. The number of pyridine rings is 2. The first kappa shape index (κ1) is 13.5. The third kappa shape index (κ3) is 3.35. The lowest BCUT2D eigenvalue weighted by atomic mass is 10.1. The number of nitrogens with zero attached hydrogens (tertiary/aromatic N) is 1. The van der Waals surface area contributed by atoms with Gasteiger partial charge in [-0.2, -0.15) is 0 Å². The highest BCUT2D eigenvalue weighted by molar-refractivity contribution is 5.93. The van der Waals surface area contributed by atoms with Gasteiger partial charge < -0.3 is 4.98 Å². The molecule has 3 rings (SSSR count). The van der Waals surface area contributed by atoms with E-state index in [1.807, 2.05) is 0 Å². The van der Waals surface area contributed by atoms with Crippen LogP contribution in [0.3, 0.4) is 0 Å². The van der Waals surface area contributed by atoms with Gasteiger partial charge in [-0.05, 0) is 43.0 Å². The van der Waals surface area contributed by atoms with Crippen LogP contribution in [0.4, 0.5) is 0 Å². The molecule has 1 fully saturated rings. The van der Waals surface area contributed by atoms with E-state index in [4.69, 9.17) is 4.84 Å². The normalized spacial score (nSPS) is 13.9. The predicted octanol–water partition coefficient (Wildman–Crippen LogP) is 1.51. The molecule has 0 aliphatic heterocycles. The van der Waals surface area contributed by atoms with Crippen LogP contribution in [-0.4, -0.2) is 22.5 Å². The van der Waals surface area contributed by atoms with E-state index in [-0.39, 0.29) is 5.56 Å². The van der Waals surface area contributed by atoms with Gasteiger partial charge in [-0.1, -0.05) is 0 Å². The molecule has 6 heteroatoms. The Morgan fingerprint density at radius 1 is 1.29 bits per heavy atom. The molecule has 2 aromatic heterocycles. The minimum Gasteiger partial charge on any atom is -0.321 e. The van der Waals surface area contributed by atoms with Crippen molar-refractivity contribution < 1.29 is 9.63 Å². The highest BCUT2D eigenvalue weighted by atomic mass is 16.7. The van der Waals surface area contributed by atoms with Gasteiger partial charge in [0.05, 0.1) is 6.61 Å². The van der Waals surface area contributed by atoms with Gasteiger partial charge in [0.1, 0.15) is 5.56 Å². The Morgan fingerprint density at radius 3 is 2.71 bits per heavy atom. The number of hydrogen-bond acceptors (Lipinski definition) is 4. The third-order valence-electron chi connectivity index (χ3n) is 3.33. The second-order valence-electron chi connectivity index (χ2n) is 5.04. The molecule has 0 saturated heterocycles. The Morgan fingerprint density at radius 2 is 2.05 bits per heavy atom. The molecule has 1 saturated carbocycles. The summed E-state index contributed by atoms with van der Waals surface area (Å²) < 4.78 is 0. The average molecular weight is 285 g/mol. The summed E-state index contributed by atoms with van der Waals surface area (Å²) in [5.74, 6) is 0.0100. The Hall–Kier alpha value is -2.47. The van der Waals surface area contributed by atoms with Crippen molar-refractivity contribution in [2.75, 3.05) is 6.61 Å². The summed E-state index contributed by atoms with van der Waals surface area (Å²) in [5, 5.41) is 0. The molecular formula is C15H15N3O3. The number of hydroxylamine groups is 1. The summed E-state index contributed by atoms with van der Waals surface area (Å²) in [6, 6.07) is 6.74. The van der Waals surface area contributed by atoms with Gasteiger partial charge in [0, 0.05) is 23.7 Å². The lowest BCUT2D eigenvalue weighted by Crippen LogP contribution is -2.30. The maximum atomic E-state index is 12.0.